The molecule has 232 valence electrons. The van der Waals surface area contributed by atoms with Gasteiger partial charge in [0.1, 0.15) is 24.0 Å². The van der Waals surface area contributed by atoms with Crippen LogP contribution >= 0.6 is 23.2 Å². The molecule has 44 heavy (non-hydrogen) atoms. The first-order valence-electron chi connectivity index (χ1n) is 15.0. The third-order valence-corrected chi connectivity index (χ3v) is 8.71. The molecular weight excluding hydrogens is 603 g/mol. The van der Waals surface area contributed by atoms with Crippen LogP contribution in [0.2, 0.25) is 10.0 Å². The summed E-state index contributed by atoms with van der Waals surface area (Å²) in [6.45, 7) is 4.54. The lowest BCUT2D eigenvalue weighted by Gasteiger charge is -2.38. The fraction of sp³-hybridized carbons (Fsp3) is 0.394. The third kappa shape index (κ3) is 7.63. The van der Waals surface area contributed by atoms with E-state index in [2.05, 4.69) is 17.0 Å². The van der Waals surface area contributed by atoms with Gasteiger partial charge in [-0.1, -0.05) is 78.5 Å². The maximum atomic E-state index is 13.9. The molecule has 2 aliphatic heterocycles. The first kappa shape index (κ1) is 31.6. The average Bonchev–Trinajstić information content (AvgIpc) is 3.47. The number of nitrogens with zero attached hydrogens (tertiary/aromatic N) is 4. The van der Waals surface area contributed by atoms with Gasteiger partial charge in [-0.3, -0.25) is 9.59 Å². The zero-order valence-corrected chi connectivity index (χ0v) is 26.2. The number of unbranched alkanes of at least 4 members (excludes halogenated alkanes) is 2. The number of hydrogen-bond acceptors (Lipinski definition) is 7. The smallest absolute Gasteiger partial charge is 0.348 e. The Labute approximate surface area is 267 Å². The number of hydrogen-bond donors (Lipinski definition) is 0. The van der Waals surface area contributed by atoms with Gasteiger partial charge in [0.25, 0.3) is 5.91 Å². The summed E-state index contributed by atoms with van der Waals surface area (Å²) in [5.74, 6) is -0.202. The van der Waals surface area contributed by atoms with Gasteiger partial charge in [0.05, 0.1) is 22.3 Å². The number of piperazine rings is 1. The number of oxime groups is 1. The number of likely N-dealkylation sites (tertiary alicyclic amines) is 1. The number of rotatable bonds is 10. The Bertz CT molecular complexity index is 1550. The van der Waals surface area contributed by atoms with E-state index in [-0.39, 0.29) is 31.0 Å². The number of anilines is 1. The van der Waals surface area contributed by atoms with Crippen LogP contribution in [0.4, 0.5) is 5.69 Å². The molecule has 0 saturated carbocycles. The molecule has 5 rings (SSSR count). The monoisotopic (exact) mass is 638 g/mol. The average molecular weight is 640 g/mol. The predicted molar refractivity (Wildman–Crippen MR) is 172 cm³/mol. The SMILES string of the molecule is CCCCCc1ccc(C(=O)N2CC(=NOCc3ccccc3)C[C@H]2C(=O)N2CCN(c3ccc(Cl)c(Cl)c3)CC2)c(=O)o1. The second-order valence-corrected chi connectivity index (χ2v) is 11.9. The van der Waals surface area contributed by atoms with Gasteiger partial charge in [-0.05, 0) is 42.3 Å². The van der Waals surface area contributed by atoms with Crippen LogP contribution in [0, 0.1) is 0 Å². The maximum Gasteiger partial charge on any atom is 0.348 e. The summed E-state index contributed by atoms with van der Waals surface area (Å²) in [7, 11) is 0. The molecule has 2 amide bonds. The summed E-state index contributed by atoms with van der Waals surface area (Å²) in [5, 5.41) is 5.25. The molecule has 2 aliphatic rings. The van der Waals surface area contributed by atoms with Crippen LogP contribution in [-0.4, -0.2) is 66.1 Å². The van der Waals surface area contributed by atoms with Crippen molar-refractivity contribution < 1.29 is 18.8 Å². The van der Waals surface area contributed by atoms with E-state index in [0.717, 1.165) is 30.5 Å². The zero-order chi connectivity index (χ0) is 31.1. The first-order valence-corrected chi connectivity index (χ1v) is 15.7. The number of carbonyl (C=O) groups excluding carboxylic acids is 2. The molecule has 1 atom stereocenters. The molecule has 0 unspecified atom stereocenters. The molecule has 0 aliphatic carbocycles. The number of aryl methyl sites for hydroxylation is 1. The van der Waals surface area contributed by atoms with Crippen LogP contribution in [-0.2, 0) is 22.7 Å². The van der Waals surface area contributed by atoms with Crippen LogP contribution in [0.3, 0.4) is 0 Å². The molecule has 3 aromatic rings. The highest BCUT2D eigenvalue weighted by Gasteiger charge is 2.41. The van der Waals surface area contributed by atoms with Gasteiger partial charge < -0.3 is 24.0 Å². The van der Waals surface area contributed by atoms with E-state index in [1.807, 2.05) is 42.5 Å². The summed E-state index contributed by atoms with van der Waals surface area (Å²) in [5.41, 5.74) is 1.64. The Balaban J connectivity index is 1.31. The molecule has 9 nitrogen and oxygen atoms in total. The summed E-state index contributed by atoms with van der Waals surface area (Å²) in [6, 6.07) is 17.5. The molecule has 0 spiro atoms. The Kier molecular flexibility index (Phi) is 10.6. The Morgan fingerprint density at radius 1 is 0.977 bits per heavy atom. The van der Waals surface area contributed by atoms with E-state index in [1.165, 1.54) is 11.0 Å². The van der Waals surface area contributed by atoms with Crippen molar-refractivity contribution in [1.82, 2.24) is 9.80 Å². The minimum Gasteiger partial charge on any atom is -0.427 e. The van der Waals surface area contributed by atoms with Crippen LogP contribution in [0.1, 0.15) is 54.3 Å². The topological polar surface area (TPSA) is 95.7 Å². The summed E-state index contributed by atoms with van der Waals surface area (Å²) in [4.78, 5) is 51.4. The van der Waals surface area contributed by atoms with Crippen LogP contribution in [0.5, 0.6) is 0 Å². The van der Waals surface area contributed by atoms with E-state index in [0.29, 0.717) is 54.1 Å². The van der Waals surface area contributed by atoms with Crippen molar-refractivity contribution in [3.63, 3.8) is 0 Å². The molecule has 0 radical (unpaired) electrons. The lowest BCUT2D eigenvalue weighted by molar-refractivity contribution is -0.135. The Morgan fingerprint density at radius 3 is 2.45 bits per heavy atom. The van der Waals surface area contributed by atoms with Gasteiger partial charge in [-0.15, -0.1) is 0 Å². The lowest BCUT2D eigenvalue weighted by Crippen LogP contribution is -2.54. The fourth-order valence-electron chi connectivity index (χ4n) is 5.50. The Hall–Kier alpha value is -3.82. The molecule has 2 saturated heterocycles. The molecule has 2 aromatic carbocycles. The van der Waals surface area contributed by atoms with Crippen molar-refractivity contribution in [1.29, 1.82) is 0 Å². The van der Waals surface area contributed by atoms with Crippen molar-refractivity contribution >= 4 is 46.4 Å². The number of halogens is 2. The van der Waals surface area contributed by atoms with Crippen molar-refractivity contribution in [3.05, 3.63) is 98.0 Å². The molecule has 2 fully saturated rings. The van der Waals surface area contributed by atoms with Crippen molar-refractivity contribution in [3.8, 4) is 0 Å². The van der Waals surface area contributed by atoms with Crippen LogP contribution < -0.4 is 10.5 Å². The minimum absolute atomic E-state index is 0.0744. The van der Waals surface area contributed by atoms with Gasteiger partial charge in [-0.2, -0.15) is 0 Å². The van der Waals surface area contributed by atoms with Gasteiger partial charge in [0, 0.05) is 44.7 Å². The van der Waals surface area contributed by atoms with Crippen LogP contribution in [0.25, 0.3) is 0 Å². The fourth-order valence-corrected chi connectivity index (χ4v) is 5.80. The van der Waals surface area contributed by atoms with Crippen molar-refractivity contribution in [2.75, 3.05) is 37.6 Å². The second-order valence-electron chi connectivity index (χ2n) is 11.0. The van der Waals surface area contributed by atoms with Gasteiger partial charge in [0.15, 0.2) is 0 Å². The van der Waals surface area contributed by atoms with Crippen molar-refractivity contribution in [2.45, 2.75) is 51.7 Å². The normalized spacial score (nSPS) is 17.8. The highest BCUT2D eigenvalue weighted by atomic mass is 35.5. The molecule has 0 bridgehead atoms. The Morgan fingerprint density at radius 2 is 1.75 bits per heavy atom. The summed E-state index contributed by atoms with van der Waals surface area (Å²) >= 11 is 12.3. The van der Waals surface area contributed by atoms with E-state index < -0.39 is 17.6 Å². The van der Waals surface area contributed by atoms with E-state index >= 15 is 0 Å². The standard InChI is InChI=1S/C33H36Cl2N4O5/c1-2-3-5-10-26-12-13-27(33(42)44-26)31(40)39-21-24(36-43-22-23-8-6-4-7-9-23)19-30(39)32(41)38-17-15-37(16-18-38)25-11-14-28(34)29(35)20-25/h4,6-9,11-14,20,30H,2-3,5,10,15-19,21-22H2,1H3/t30-/m0/s1. The third-order valence-electron chi connectivity index (χ3n) is 7.97. The van der Waals surface area contributed by atoms with E-state index in [4.69, 9.17) is 32.5 Å². The zero-order valence-electron chi connectivity index (χ0n) is 24.7. The lowest BCUT2D eigenvalue weighted by atomic mass is 10.1. The summed E-state index contributed by atoms with van der Waals surface area (Å²) in [6.07, 6.45) is 3.82. The van der Waals surface area contributed by atoms with Gasteiger partial charge in [0.2, 0.25) is 5.91 Å². The molecular formula is C33H36Cl2N4O5. The molecule has 3 heterocycles. The van der Waals surface area contributed by atoms with Gasteiger partial charge >= 0.3 is 5.63 Å². The first-order chi connectivity index (χ1) is 21.3. The van der Waals surface area contributed by atoms with E-state index in [9.17, 15) is 14.4 Å². The van der Waals surface area contributed by atoms with Crippen LogP contribution in [0.15, 0.2) is 75.0 Å². The second kappa shape index (κ2) is 14.8. The van der Waals surface area contributed by atoms with E-state index in [1.54, 1.807) is 17.0 Å². The number of carbonyl (C=O) groups is 2. The van der Waals surface area contributed by atoms with Gasteiger partial charge in [-0.25, -0.2) is 4.79 Å². The molecule has 1 aromatic heterocycles. The summed E-state index contributed by atoms with van der Waals surface area (Å²) < 4.78 is 5.48. The maximum absolute atomic E-state index is 13.9. The number of amides is 2. The largest absolute Gasteiger partial charge is 0.427 e. The van der Waals surface area contributed by atoms with Crippen molar-refractivity contribution in [2.24, 2.45) is 5.16 Å². The highest BCUT2D eigenvalue weighted by Crippen LogP contribution is 2.28. The minimum atomic E-state index is -0.818. The molecule has 0 N–H and O–H groups in total. The quantitative estimate of drug-likeness (QED) is 0.205. The molecule has 11 heteroatoms. The highest BCUT2D eigenvalue weighted by molar-refractivity contribution is 6.42. The predicted octanol–water partition coefficient (Wildman–Crippen LogP) is 5.82. The number of benzene rings is 2.